The molecule has 0 N–H and O–H groups in total. The minimum Gasteiger partial charge on any atom is -0.454 e. The number of ether oxygens (including phenoxy) is 2. The summed E-state index contributed by atoms with van der Waals surface area (Å²) in [6.45, 7) is 3.67. The lowest BCUT2D eigenvalue weighted by atomic mass is 9.79. The van der Waals surface area contributed by atoms with Crippen molar-refractivity contribution in [2.75, 3.05) is 13.8 Å². The van der Waals surface area contributed by atoms with Gasteiger partial charge in [-0.1, -0.05) is 27.7 Å². The van der Waals surface area contributed by atoms with Crippen LogP contribution in [-0.2, 0) is 9.59 Å². The smallest absolute Gasteiger partial charge is 0.261 e. The fourth-order valence-corrected chi connectivity index (χ4v) is 7.27. The highest BCUT2D eigenvalue weighted by Gasteiger charge is 2.79. The summed E-state index contributed by atoms with van der Waals surface area (Å²) in [5.74, 6) is 0.828. The van der Waals surface area contributed by atoms with Gasteiger partial charge in [0.1, 0.15) is 0 Å². The molecule has 7 nitrogen and oxygen atoms in total. The van der Waals surface area contributed by atoms with Crippen LogP contribution in [0.1, 0.15) is 31.9 Å². The summed E-state index contributed by atoms with van der Waals surface area (Å²) in [5, 5.41) is 10.1. The molecular formula is C18H16BrN3O4S. The van der Waals surface area contributed by atoms with Crippen LogP contribution in [0.15, 0.2) is 16.6 Å². The topological polar surface area (TPSA) is 82.9 Å². The second kappa shape index (κ2) is 4.92. The van der Waals surface area contributed by atoms with Gasteiger partial charge in [-0.3, -0.25) is 9.59 Å². The van der Waals surface area contributed by atoms with Gasteiger partial charge in [-0.15, -0.1) is 0 Å². The summed E-state index contributed by atoms with van der Waals surface area (Å²) in [4.78, 5) is 27.7. The molecule has 4 aliphatic rings. The van der Waals surface area contributed by atoms with Crippen molar-refractivity contribution in [3.05, 3.63) is 22.2 Å². The lowest BCUT2D eigenvalue weighted by Crippen LogP contribution is -2.60. The third-order valence-corrected chi connectivity index (χ3v) is 8.56. The van der Waals surface area contributed by atoms with Crippen molar-refractivity contribution >= 4 is 39.5 Å². The number of carbonyl (C=O) groups is 2. The van der Waals surface area contributed by atoms with Crippen LogP contribution in [0, 0.1) is 16.7 Å². The number of hydrogen-bond donors (Lipinski definition) is 0. The van der Waals surface area contributed by atoms with Crippen molar-refractivity contribution in [3.8, 4) is 17.6 Å². The first-order valence-electron chi connectivity index (χ1n) is 8.51. The average Bonchev–Trinajstić information content (AvgIpc) is 3.30. The quantitative estimate of drug-likeness (QED) is 0.655. The molecule has 5 rings (SSSR count). The van der Waals surface area contributed by atoms with E-state index >= 15 is 0 Å². The molecular weight excluding hydrogens is 434 g/mol. The maximum atomic E-state index is 13.4. The fraction of sp³-hybridized carbons (Fsp3) is 0.500. The maximum Gasteiger partial charge on any atom is 0.261 e. The molecule has 0 aliphatic carbocycles. The van der Waals surface area contributed by atoms with Crippen molar-refractivity contribution in [2.45, 2.75) is 36.1 Å². The maximum absolute atomic E-state index is 13.4. The Morgan fingerprint density at radius 1 is 1.30 bits per heavy atom. The summed E-state index contributed by atoms with van der Waals surface area (Å²) in [5.41, 5.74) is -0.263. The Kier molecular flexibility index (Phi) is 3.13. The normalized spacial score (nSPS) is 38.6. The second-order valence-electron chi connectivity index (χ2n) is 7.71. The third-order valence-electron chi connectivity index (χ3n) is 6.17. The number of carbonyl (C=O) groups excluding carboxylic acids is 2. The Balaban J connectivity index is 1.77. The number of hydrogen-bond acceptors (Lipinski definition) is 6. The van der Waals surface area contributed by atoms with Crippen LogP contribution < -0.4 is 9.47 Å². The molecule has 2 amide bonds. The van der Waals surface area contributed by atoms with Crippen LogP contribution in [0.25, 0.3) is 0 Å². The number of amides is 2. The van der Waals surface area contributed by atoms with E-state index in [1.165, 1.54) is 16.7 Å². The van der Waals surface area contributed by atoms with E-state index in [4.69, 9.17) is 9.47 Å². The van der Waals surface area contributed by atoms with E-state index in [1.807, 2.05) is 13.0 Å². The molecule has 4 atom stereocenters. The van der Waals surface area contributed by atoms with E-state index < -0.39 is 21.2 Å². The molecule has 27 heavy (non-hydrogen) atoms. The molecule has 4 aliphatic heterocycles. The van der Waals surface area contributed by atoms with Crippen LogP contribution in [-0.4, -0.2) is 45.2 Å². The van der Waals surface area contributed by atoms with Crippen LogP contribution in [0.5, 0.6) is 11.5 Å². The van der Waals surface area contributed by atoms with Crippen molar-refractivity contribution in [1.82, 2.24) is 9.80 Å². The summed E-state index contributed by atoms with van der Waals surface area (Å²) in [7, 11) is 1.66. The van der Waals surface area contributed by atoms with Gasteiger partial charge in [0.25, 0.3) is 11.8 Å². The van der Waals surface area contributed by atoms with Crippen molar-refractivity contribution in [1.29, 1.82) is 5.26 Å². The van der Waals surface area contributed by atoms with Gasteiger partial charge in [0.2, 0.25) is 6.79 Å². The number of fused-ring (bicyclic) bond motifs is 2. The van der Waals surface area contributed by atoms with Gasteiger partial charge in [-0.2, -0.15) is 5.26 Å². The molecule has 4 unspecified atom stereocenters. The number of nitrogens with zero attached hydrogens (tertiary/aromatic N) is 3. The van der Waals surface area contributed by atoms with Gasteiger partial charge in [0.15, 0.2) is 21.2 Å². The molecule has 1 aromatic carbocycles. The summed E-state index contributed by atoms with van der Waals surface area (Å²) in [6.07, 6.45) is 0.271. The highest BCUT2D eigenvalue weighted by Crippen LogP contribution is 2.70. The zero-order valence-electron chi connectivity index (χ0n) is 14.9. The minimum absolute atomic E-state index is 0.0853. The Morgan fingerprint density at radius 3 is 2.74 bits per heavy atom. The molecule has 140 valence electrons. The Morgan fingerprint density at radius 2 is 2.04 bits per heavy atom. The van der Waals surface area contributed by atoms with Crippen LogP contribution in [0.4, 0.5) is 0 Å². The van der Waals surface area contributed by atoms with E-state index in [0.717, 1.165) is 4.47 Å². The lowest BCUT2D eigenvalue weighted by Gasteiger charge is -2.40. The Labute approximate surface area is 168 Å². The van der Waals surface area contributed by atoms with Gasteiger partial charge >= 0.3 is 0 Å². The number of thioether (sulfide) groups is 1. The molecule has 4 heterocycles. The Hall–Kier alpha value is -1.92. The SMILES string of the molecule is CN1C(=O)C23CC(C)(C#N)C(c4c(Br)ccc5c4OCO5)N2C(=O)C1(C)S3. The average molecular weight is 450 g/mol. The molecule has 0 aromatic heterocycles. The van der Waals surface area contributed by atoms with Gasteiger partial charge in [-0.25, -0.2) is 0 Å². The number of nitriles is 1. The monoisotopic (exact) mass is 449 g/mol. The predicted octanol–water partition coefficient (Wildman–Crippen LogP) is 2.61. The van der Waals surface area contributed by atoms with Crippen molar-refractivity contribution in [2.24, 2.45) is 5.41 Å². The molecule has 1 aromatic rings. The van der Waals surface area contributed by atoms with Crippen molar-refractivity contribution in [3.63, 3.8) is 0 Å². The summed E-state index contributed by atoms with van der Waals surface area (Å²) < 4.78 is 11.9. The fourth-order valence-electron chi connectivity index (χ4n) is 4.80. The van der Waals surface area contributed by atoms with Crippen LogP contribution in [0.3, 0.4) is 0 Å². The largest absolute Gasteiger partial charge is 0.454 e. The zero-order chi connectivity index (χ0) is 19.4. The zero-order valence-corrected chi connectivity index (χ0v) is 17.3. The van der Waals surface area contributed by atoms with Gasteiger partial charge in [0, 0.05) is 23.5 Å². The molecule has 2 bridgehead atoms. The van der Waals surface area contributed by atoms with Crippen LogP contribution in [0.2, 0.25) is 0 Å². The number of rotatable bonds is 1. The van der Waals surface area contributed by atoms with E-state index in [-0.39, 0.29) is 25.0 Å². The first-order chi connectivity index (χ1) is 12.7. The molecule has 3 saturated heterocycles. The summed E-state index contributed by atoms with van der Waals surface area (Å²) >= 11 is 4.91. The van der Waals surface area contributed by atoms with E-state index in [9.17, 15) is 14.9 Å². The van der Waals surface area contributed by atoms with E-state index in [0.29, 0.717) is 17.1 Å². The standard InChI is InChI=1S/C18H16BrN3O4S/c1-16(7-20)6-18-15(24)21(3)17(2,27-18)14(23)22(18)13(16)11-9(19)4-5-10-12(11)26-8-25-10/h4-5,13H,6,8H2,1-3H3. The molecule has 0 radical (unpaired) electrons. The third kappa shape index (κ3) is 1.74. The molecule has 1 spiro atoms. The lowest BCUT2D eigenvalue weighted by molar-refractivity contribution is -0.159. The van der Waals surface area contributed by atoms with E-state index in [2.05, 4.69) is 22.0 Å². The minimum atomic E-state index is -1.06. The predicted molar refractivity (Wildman–Crippen MR) is 99.7 cm³/mol. The first kappa shape index (κ1) is 17.2. The van der Waals surface area contributed by atoms with E-state index in [1.54, 1.807) is 24.9 Å². The number of piperazine rings is 1. The van der Waals surface area contributed by atoms with Crippen molar-refractivity contribution < 1.29 is 19.1 Å². The highest BCUT2D eigenvalue weighted by molar-refractivity contribution is 9.10. The molecule has 3 fully saturated rings. The molecule has 0 saturated carbocycles. The summed E-state index contributed by atoms with van der Waals surface area (Å²) in [6, 6.07) is 5.38. The van der Waals surface area contributed by atoms with Gasteiger partial charge < -0.3 is 19.3 Å². The number of halogens is 1. The van der Waals surface area contributed by atoms with Crippen LogP contribution >= 0.6 is 27.7 Å². The Bertz CT molecular complexity index is 980. The number of likely N-dealkylation sites (N-methyl/N-ethyl adjacent to an activating group) is 1. The second-order valence-corrected chi connectivity index (χ2v) is 10.2. The highest BCUT2D eigenvalue weighted by atomic mass is 79.9. The first-order valence-corrected chi connectivity index (χ1v) is 10.1. The number of benzene rings is 1. The van der Waals surface area contributed by atoms with Gasteiger partial charge in [0.05, 0.1) is 17.5 Å². The molecule has 9 heteroatoms. The van der Waals surface area contributed by atoms with Gasteiger partial charge in [-0.05, 0) is 26.0 Å².